The Kier molecular flexibility index (Phi) is 4.64. The number of fused-ring (bicyclic) bond motifs is 3. The van der Waals surface area contributed by atoms with E-state index in [9.17, 15) is 0 Å². The fourth-order valence-electron chi connectivity index (χ4n) is 3.78. The lowest BCUT2D eigenvalue weighted by Crippen LogP contribution is -2.25. The van der Waals surface area contributed by atoms with E-state index in [1.54, 1.807) is 0 Å². The number of hydrogen-bond donors (Lipinski definition) is 1. The Morgan fingerprint density at radius 2 is 1.43 bits per heavy atom. The van der Waals surface area contributed by atoms with Crippen molar-refractivity contribution in [3.05, 3.63) is 91.0 Å². The molecule has 1 aromatic heterocycles. The van der Waals surface area contributed by atoms with Crippen LogP contribution in [-0.4, -0.2) is 9.97 Å². The highest BCUT2D eigenvalue weighted by molar-refractivity contribution is 7.74. The maximum atomic E-state index is 4.70. The molecule has 0 saturated heterocycles. The van der Waals surface area contributed by atoms with E-state index in [-0.39, 0.29) is 5.41 Å². The van der Waals surface area contributed by atoms with Crippen molar-refractivity contribution in [2.75, 3.05) is 5.09 Å². The average molecular weight is 409 g/mol. The molecule has 1 N–H and O–H groups in total. The molecule has 3 nitrogen and oxygen atoms in total. The first-order valence-electron chi connectivity index (χ1n) is 10.2. The molecule has 4 aromatic rings. The zero-order valence-corrected chi connectivity index (χ0v) is 18.3. The molecule has 1 aliphatic heterocycles. The number of para-hydroxylation sites is 1. The van der Waals surface area contributed by atoms with Crippen molar-refractivity contribution >= 4 is 24.4 Å². The van der Waals surface area contributed by atoms with Crippen LogP contribution in [0.2, 0.25) is 0 Å². The summed E-state index contributed by atoms with van der Waals surface area (Å²) in [6, 6.07) is 25.9. The number of rotatable bonds is 2. The van der Waals surface area contributed by atoms with Crippen molar-refractivity contribution in [1.82, 2.24) is 9.97 Å². The first-order valence-corrected chi connectivity index (χ1v) is 11.5. The van der Waals surface area contributed by atoms with Gasteiger partial charge in [-0.25, -0.2) is 9.97 Å². The van der Waals surface area contributed by atoms with Crippen LogP contribution >= 0.6 is 8.07 Å². The van der Waals surface area contributed by atoms with Crippen LogP contribution in [-0.2, 0) is 5.41 Å². The largest absolute Gasteiger partial charge is 0.356 e. The van der Waals surface area contributed by atoms with Crippen LogP contribution < -0.4 is 15.7 Å². The summed E-state index contributed by atoms with van der Waals surface area (Å²) in [6.45, 7) is 6.43. The predicted octanol–water partition coefficient (Wildman–Crippen LogP) is 5.88. The van der Waals surface area contributed by atoms with E-state index in [4.69, 9.17) is 9.97 Å². The third-order valence-electron chi connectivity index (χ3n) is 5.36. The van der Waals surface area contributed by atoms with Gasteiger partial charge in [-0.15, -0.1) is 0 Å². The molecule has 148 valence electrons. The molecule has 0 aliphatic carbocycles. The van der Waals surface area contributed by atoms with E-state index in [1.807, 2.05) is 12.4 Å². The monoisotopic (exact) mass is 409 g/mol. The Hall–Kier alpha value is -3.03. The number of benzene rings is 3. The molecule has 0 saturated carbocycles. The topological polar surface area (TPSA) is 37.8 Å². The number of hydrogen-bond acceptors (Lipinski definition) is 3. The highest BCUT2D eigenvalue weighted by atomic mass is 31.1. The molecule has 30 heavy (non-hydrogen) atoms. The number of nitrogens with one attached hydrogen (secondary N) is 1. The van der Waals surface area contributed by atoms with E-state index in [0.29, 0.717) is 0 Å². The molecular formula is C26H24N3P. The third kappa shape index (κ3) is 3.40. The predicted molar refractivity (Wildman–Crippen MR) is 128 cm³/mol. The smallest absolute Gasteiger partial charge is 0.133 e. The van der Waals surface area contributed by atoms with Gasteiger partial charge in [0.05, 0.1) is 8.07 Å². The summed E-state index contributed by atoms with van der Waals surface area (Å²) in [6.07, 6.45) is 4.00. The van der Waals surface area contributed by atoms with Crippen LogP contribution in [0.5, 0.6) is 0 Å². The molecule has 3 aromatic carbocycles. The van der Waals surface area contributed by atoms with Gasteiger partial charge in [0, 0.05) is 39.7 Å². The summed E-state index contributed by atoms with van der Waals surface area (Å²) in [5, 5.41) is 6.25. The Balaban J connectivity index is 1.65. The second-order valence-corrected chi connectivity index (χ2v) is 10.5. The van der Waals surface area contributed by atoms with Gasteiger partial charge in [0.15, 0.2) is 0 Å². The Bertz CT molecular complexity index is 1200. The average Bonchev–Trinajstić information content (AvgIpc) is 2.78. The molecule has 2 heterocycles. The lowest BCUT2D eigenvalue weighted by atomic mass is 9.96. The van der Waals surface area contributed by atoms with E-state index in [0.717, 1.165) is 11.1 Å². The summed E-state index contributed by atoms with van der Waals surface area (Å²) in [4.78, 5) is 9.40. The summed E-state index contributed by atoms with van der Waals surface area (Å²) in [7, 11) is -0.799. The van der Waals surface area contributed by atoms with Crippen molar-refractivity contribution < 1.29 is 0 Å². The molecular weight excluding hydrogens is 385 g/mol. The molecule has 1 unspecified atom stereocenters. The lowest BCUT2D eigenvalue weighted by Gasteiger charge is -2.30. The molecule has 1 aliphatic rings. The van der Waals surface area contributed by atoms with Crippen LogP contribution in [0.4, 0.5) is 5.69 Å². The molecule has 0 radical (unpaired) electrons. The zero-order valence-electron chi connectivity index (χ0n) is 17.4. The lowest BCUT2D eigenvalue weighted by molar-refractivity contribution is 0.546. The van der Waals surface area contributed by atoms with Gasteiger partial charge in [0.1, 0.15) is 5.82 Å². The quantitative estimate of drug-likeness (QED) is 0.420. The van der Waals surface area contributed by atoms with Gasteiger partial charge in [-0.05, 0) is 28.8 Å². The molecule has 0 fully saturated rings. The Morgan fingerprint density at radius 3 is 2.17 bits per heavy atom. The SMILES string of the molecule is CC(C)(C)c1ncc(P2Nc3ccccc3-c3ccc(-c4ccccc4)cc32)cn1. The maximum Gasteiger partial charge on any atom is 0.133 e. The van der Waals surface area contributed by atoms with Gasteiger partial charge in [-0.3, -0.25) is 0 Å². The molecule has 5 rings (SSSR count). The maximum absolute atomic E-state index is 4.70. The van der Waals surface area contributed by atoms with Gasteiger partial charge in [-0.2, -0.15) is 0 Å². The first kappa shape index (κ1) is 19.0. The molecule has 0 amide bonds. The molecule has 4 heteroatoms. The van der Waals surface area contributed by atoms with Crippen molar-refractivity contribution in [3.8, 4) is 22.3 Å². The van der Waals surface area contributed by atoms with Crippen LogP contribution in [0.3, 0.4) is 0 Å². The summed E-state index contributed by atoms with van der Waals surface area (Å²) in [5.74, 6) is 0.872. The fourth-order valence-corrected chi connectivity index (χ4v) is 5.79. The Labute approximate surface area is 179 Å². The second-order valence-electron chi connectivity index (χ2n) is 8.61. The normalized spacial score (nSPS) is 15.1. The van der Waals surface area contributed by atoms with E-state index < -0.39 is 8.07 Å². The Morgan fingerprint density at radius 1 is 0.733 bits per heavy atom. The standard InChI is InChI=1S/C26H24N3P/c1-26(2,3)25-27-16-20(17-28-25)30-24-15-19(18-9-5-4-6-10-18)13-14-22(24)21-11-7-8-12-23(21)29-30/h4-17,29H,1-3H3. The molecule has 0 bridgehead atoms. The molecule has 0 spiro atoms. The van der Waals surface area contributed by atoms with Crippen LogP contribution in [0.1, 0.15) is 26.6 Å². The van der Waals surface area contributed by atoms with Crippen molar-refractivity contribution in [2.45, 2.75) is 26.2 Å². The van der Waals surface area contributed by atoms with E-state index >= 15 is 0 Å². The van der Waals surface area contributed by atoms with Crippen LogP contribution in [0.15, 0.2) is 85.2 Å². The number of aromatic nitrogens is 2. The second kappa shape index (κ2) is 7.34. The highest BCUT2D eigenvalue weighted by Crippen LogP contribution is 2.46. The zero-order chi connectivity index (χ0) is 20.7. The van der Waals surface area contributed by atoms with Gasteiger partial charge in [0.2, 0.25) is 0 Å². The van der Waals surface area contributed by atoms with Gasteiger partial charge >= 0.3 is 0 Å². The van der Waals surface area contributed by atoms with Gasteiger partial charge in [0.25, 0.3) is 0 Å². The van der Waals surface area contributed by atoms with Crippen LogP contribution in [0.25, 0.3) is 22.3 Å². The first-order chi connectivity index (χ1) is 14.5. The third-order valence-corrected chi connectivity index (χ3v) is 7.43. The van der Waals surface area contributed by atoms with E-state index in [2.05, 4.69) is 98.7 Å². The summed E-state index contributed by atoms with van der Waals surface area (Å²) in [5.41, 5.74) is 6.11. The fraction of sp³-hybridized carbons (Fsp3) is 0.154. The van der Waals surface area contributed by atoms with Crippen molar-refractivity contribution in [3.63, 3.8) is 0 Å². The van der Waals surface area contributed by atoms with E-state index in [1.165, 1.54) is 33.2 Å². The summed E-state index contributed by atoms with van der Waals surface area (Å²) < 4.78 is 0. The highest BCUT2D eigenvalue weighted by Gasteiger charge is 2.27. The van der Waals surface area contributed by atoms with Crippen LogP contribution in [0, 0.1) is 0 Å². The molecule has 1 atom stereocenters. The summed E-state index contributed by atoms with van der Waals surface area (Å²) >= 11 is 0. The number of nitrogens with zero attached hydrogens (tertiary/aromatic N) is 2. The minimum atomic E-state index is -0.799. The van der Waals surface area contributed by atoms with Crippen molar-refractivity contribution in [2.24, 2.45) is 0 Å². The minimum Gasteiger partial charge on any atom is -0.356 e. The minimum absolute atomic E-state index is 0.0588. The van der Waals surface area contributed by atoms with Crippen molar-refractivity contribution in [1.29, 1.82) is 0 Å². The van der Waals surface area contributed by atoms with Gasteiger partial charge < -0.3 is 5.09 Å². The van der Waals surface area contributed by atoms with Gasteiger partial charge in [-0.1, -0.05) is 81.4 Å². The number of anilines is 1.